The number of Topliss-reactive ketones (excluding diaryl/α,β-unsaturated/α-hetero) is 3. The van der Waals surface area contributed by atoms with Gasteiger partial charge in [0.15, 0.2) is 27.1 Å². The number of sulfonamides is 2. The highest BCUT2D eigenvalue weighted by Crippen LogP contribution is 2.66. The Balaban J connectivity index is 0.000000186. The van der Waals surface area contributed by atoms with Crippen LogP contribution in [0, 0.1) is 0 Å². The van der Waals surface area contributed by atoms with Gasteiger partial charge in [-0.15, -0.1) is 23.5 Å². The van der Waals surface area contributed by atoms with Gasteiger partial charge in [0.1, 0.15) is 12.3 Å². The number of hydrogen-bond acceptors (Lipinski definition) is 16. The van der Waals surface area contributed by atoms with Crippen LogP contribution >= 0.6 is 36.2 Å². The van der Waals surface area contributed by atoms with Crippen molar-refractivity contribution in [3.8, 4) is 0 Å². The maximum Gasteiger partial charge on any atom is 0.280 e. The molecule has 0 aliphatic carbocycles. The summed E-state index contributed by atoms with van der Waals surface area (Å²) in [7, 11) is -5.60. The molecule has 7 aromatic carbocycles. The molecular weight excluding hydrogens is 1350 g/mol. The number of rotatable bonds is 21. The number of nitrogens with zero attached hydrogens (tertiary/aromatic N) is 6. The van der Waals surface area contributed by atoms with E-state index in [2.05, 4.69) is 12.6 Å². The summed E-state index contributed by atoms with van der Waals surface area (Å²) < 4.78 is 60.4. The molecule has 19 nitrogen and oxygen atoms in total. The van der Waals surface area contributed by atoms with Crippen LogP contribution in [0.2, 0.25) is 0 Å². The van der Waals surface area contributed by atoms with E-state index in [4.69, 9.17) is 0 Å². The molecule has 0 aromatic heterocycles. The van der Waals surface area contributed by atoms with Gasteiger partial charge in [-0.1, -0.05) is 190 Å². The average Bonchev–Trinajstić information content (AvgIpc) is 1.50. The van der Waals surface area contributed by atoms with Crippen LogP contribution in [0.5, 0.6) is 0 Å². The molecule has 6 aliphatic rings. The standard InChI is InChI=1S/C42H43N3O6S3.C24H27N3O6S.C9H10OS/c1-4-26-41-29-42(53-28-25-36(47)31-18-10-6-11-19-31)39(49)43(3)40(2,52-27-24-35(46)30-16-8-5-9-17-30)38(48)44(42)37(41)45(34-23-15-14-22-33(34)41)54(50,51)32-20-12-7-13-21-32;1-4-14-23-15-24(31)21(29)25(3)22(2,30)20(28)26(24)19(23)27(18-13-9-8-12-17(18)23)34(32,33)16-10-6-5-7-11-16;10-9(6-7-11)8-4-2-1-3-5-8/h5-23,37H,4,24-29H2,1-3H3;5-13,19,30-31H,4,14-15H2,1-3H3;1-5,11H,6-7H2/t37-,40-,41+,42-;19-,22+,23+,24+;/m00./s1. The number of benzene rings is 7. The van der Waals surface area contributed by atoms with Gasteiger partial charge in [-0.05, 0) is 80.0 Å². The normalized spacial score (nSPS) is 25.7. The zero-order chi connectivity index (χ0) is 71.1. The SMILES string of the molecule is CCC[C@]12C[C@@]3(O)C(=O)N(C)[C@](C)(O)C(=O)N3[C@H]1N(S(=O)(=O)c1ccccc1)c1ccccc12.CCC[C@]12C[C@]3(SCCC(=O)c4ccccc4)C(=O)N(C)[C@@](C)(SCCC(=O)c4ccccc4)C(=O)N3[C@H]1N(S(=O)(=O)c1ccccc1)c1ccccc12.O=C(CCS)c1ccccc1. The molecule has 4 amide bonds. The predicted octanol–water partition coefficient (Wildman–Crippen LogP) is 10.9. The van der Waals surface area contributed by atoms with Gasteiger partial charge < -0.3 is 20.0 Å². The van der Waals surface area contributed by atoms with Gasteiger partial charge in [0.2, 0.25) is 11.4 Å². The summed E-state index contributed by atoms with van der Waals surface area (Å²) in [5, 5.41) is 22.6. The number of hydrogen-bond donors (Lipinski definition) is 3. The maximum absolute atomic E-state index is 15.5. The monoisotopic (exact) mass is 1430 g/mol. The predicted molar refractivity (Wildman–Crippen MR) is 386 cm³/mol. The van der Waals surface area contributed by atoms with Crippen LogP contribution < -0.4 is 8.61 Å². The van der Waals surface area contributed by atoms with Crippen molar-refractivity contribution in [2.75, 3.05) is 40.0 Å². The summed E-state index contributed by atoms with van der Waals surface area (Å²) in [6.07, 6.45) is 0.695. The maximum atomic E-state index is 15.5. The van der Waals surface area contributed by atoms with E-state index in [1.54, 1.807) is 152 Å². The quantitative estimate of drug-likeness (QED) is 0.0447. The van der Waals surface area contributed by atoms with Crippen molar-refractivity contribution in [1.82, 2.24) is 19.6 Å². The van der Waals surface area contributed by atoms with E-state index < -0.39 is 82.1 Å². The summed E-state index contributed by atoms with van der Waals surface area (Å²) in [5.74, 6) is -1.41. The van der Waals surface area contributed by atoms with E-state index in [9.17, 15) is 51.0 Å². The molecule has 7 aromatic rings. The number of carbonyl (C=O) groups is 7. The van der Waals surface area contributed by atoms with Crippen molar-refractivity contribution in [3.05, 3.63) is 228 Å². The fraction of sp³-hybridized carbons (Fsp3) is 0.347. The number of amides is 4. The first-order chi connectivity index (χ1) is 47.2. The minimum absolute atomic E-state index is 0.0206. The number of thioether (sulfide) groups is 2. The lowest BCUT2D eigenvalue weighted by Gasteiger charge is -2.54. The summed E-state index contributed by atoms with van der Waals surface area (Å²) >= 11 is 6.46. The number of thiol groups is 1. The van der Waals surface area contributed by atoms with Crippen molar-refractivity contribution >= 4 is 109 Å². The Morgan fingerprint density at radius 1 is 0.475 bits per heavy atom. The molecule has 0 unspecified atom stereocenters. The van der Waals surface area contributed by atoms with Crippen molar-refractivity contribution < 1.29 is 60.6 Å². The lowest BCUT2D eigenvalue weighted by Crippen LogP contribution is -2.75. The highest BCUT2D eigenvalue weighted by atomic mass is 32.2. The van der Waals surface area contributed by atoms with Crippen molar-refractivity contribution in [1.29, 1.82) is 0 Å². The highest BCUT2D eigenvalue weighted by molar-refractivity contribution is 8.02. The average molecular weight is 1430 g/mol. The van der Waals surface area contributed by atoms with E-state index in [1.165, 1.54) is 58.8 Å². The third-order valence-corrected chi connectivity index (χ3v) is 26.6. The molecular formula is C75H80N6O13S5. The van der Waals surface area contributed by atoms with Crippen LogP contribution in [0.4, 0.5) is 11.4 Å². The Bertz CT molecular complexity index is 4470. The number of fused-ring (bicyclic) bond motifs is 10. The van der Waals surface area contributed by atoms with Crippen LogP contribution in [0.15, 0.2) is 210 Å². The summed E-state index contributed by atoms with van der Waals surface area (Å²) in [5.41, 5.74) is -2.32. The Hall–Kier alpha value is -8.10. The number of aliphatic hydroxyl groups is 2. The fourth-order valence-electron chi connectivity index (χ4n) is 15.2. The smallest absolute Gasteiger partial charge is 0.280 e. The van der Waals surface area contributed by atoms with Crippen LogP contribution in [-0.4, -0.2) is 153 Å². The molecule has 4 saturated heterocycles. The zero-order valence-corrected chi connectivity index (χ0v) is 60.0. The van der Waals surface area contributed by atoms with Gasteiger partial charge in [-0.3, -0.25) is 43.4 Å². The minimum Gasteiger partial charge on any atom is -0.363 e. The number of carbonyl (C=O) groups excluding carboxylic acids is 7. The van der Waals surface area contributed by atoms with Crippen LogP contribution in [0.1, 0.15) is 128 Å². The topological polar surface area (TPSA) is 248 Å². The van der Waals surface area contributed by atoms with E-state index in [0.717, 1.165) is 25.2 Å². The molecule has 99 heavy (non-hydrogen) atoms. The Kier molecular flexibility index (Phi) is 20.5. The van der Waals surface area contributed by atoms with Gasteiger partial charge in [-0.2, -0.15) is 12.6 Å². The van der Waals surface area contributed by atoms with Gasteiger partial charge in [0.25, 0.3) is 43.7 Å². The molecule has 24 heteroatoms. The Morgan fingerprint density at radius 3 is 1.27 bits per heavy atom. The second-order valence-electron chi connectivity index (χ2n) is 25.9. The van der Waals surface area contributed by atoms with Gasteiger partial charge in [0, 0.05) is 85.2 Å². The Morgan fingerprint density at radius 2 is 0.848 bits per heavy atom. The molecule has 4 fully saturated rings. The molecule has 0 spiro atoms. The van der Waals surface area contributed by atoms with E-state index in [1.807, 2.05) is 68.4 Å². The second-order valence-corrected chi connectivity index (χ2v) is 32.8. The molecule has 2 N–H and O–H groups in total. The lowest BCUT2D eigenvalue weighted by molar-refractivity contribution is -0.224. The number of anilines is 2. The van der Waals surface area contributed by atoms with Crippen molar-refractivity contribution in [2.45, 2.75) is 140 Å². The molecule has 0 saturated carbocycles. The van der Waals surface area contributed by atoms with Gasteiger partial charge in [-0.25, -0.2) is 25.4 Å². The first-order valence-electron chi connectivity index (χ1n) is 32.9. The highest BCUT2D eigenvalue weighted by Gasteiger charge is 2.77. The lowest BCUT2D eigenvalue weighted by atomic mass is 9.74. The summed E-state index contributed by atoms with van der Waals surface area (Å²) in [6, 6.07) is 57.5. The van der Waals surface area contributed by atoms with Gasteiger partial charge >= 0.3 is 0 Å². The third-order valence-electron chi connectivity index (χ3n) is 20.0. The van der Waals surface area contributed by atoms with Crippen LogP contribution in [0.3, 0.4) is 0 Å². The fourth-order valence-corrected chi connectivity index (χ4v) is 21.5. The number of para-hydroxylation sites is 2. The molecule has 518 valence electrons. The molecule has 13 rings (SSSR count). The number of likely N-dealkylation sites (N-methyl/N-ethyl adjacent to an activating group) is 2. The molecule has 0 bridgehead atoms. The first-order valence-corrected chi connectivity index (χ1v) is 38.4. The largest absolute Gasteiger partial charge is 0.363 e. The van der Waals surface area contributed by atoms with Crippen LogP contribution in [0.25, 0.3) is 0 Å². The second kappa shape index (κ2) is 28.1. The Labute approximate surface area is 592 Å². The van der Waals surface area contributed by atoms with E-state index in [0.29, 0.717) is 65.9 Å². The molecule has 0 radical (unpaired) electrons. The number of piperazine rings is 2. The van der Waals surface area contributed by atoms with Crippen molar-refractivity contribution in [3.63, 3.8) is 0 Å². The molecule has 6 aliphatic heterocycles. The summed E-state index contributed by atoms with van der Waals surface area (Å²) in [6.45, 7) is 6.81. The summed E-state index contributed by atoms with van der Waals surface area (Å²) in [4.78, 5) is 97.3. The van der Waals surface area contributed by atoms with Gasteiger partial charge in [0.05, 0.1) is 21.2 Å². The molecule has 6 heterocycles. The zero-order valence-electron chi connectivity index (χ0n) is 55.8. The van der Waals surface area contributed by atoms with E-state index >= 15 is 9.59 Å². The van der Waals surface area contributed by atoms with Crippen LogP contribution in [-0.2, 0) is 50.1 Å². The molecule has 8 atom stereocenters. The first kappa shape index (κ1) is 72.2. The third kappa shape index (κ3) is 12.2. The minimum atomic E-state index is -4.26. The number of ketones is 3. The van der Waals surface area contributed by atoms with Crippen molar-refractivity contribution in [2.24, 2.45) is 0 Å². The van der Waals surface area contributed by atoms with E-state index in [-0.39, 0.29) is 70.2 Å².